The number of carbonyl (C=O) groups is 1. The molecule has 0 spiro atoms. The number of thiocarbonyl (C=S) groups is 1. The maximum Gasteiger partial charge on any atom is 0.238 e. The van der Waals surface area contributed by atoms with Crippen LogP contribution in [-0.4, -0.2) is 34.9 Å². The maximum absolute atomic E-state index is 13.5. The van der Waals surface area contributed by atoms with Gasteiger partial charge in [0.2, 0.25) is 5.91 Å². The van der Waals surface area contributed by atoms with E-state index in [4.69, 9.17) is 18.0 Å². The van der Waals surface area contributed by atoms with Gasteiger partial charge in [-0.1, -0.05) is 37.2 Å². The third-order valence-corrected chi connectivity index (χ3v) is 3.82. The number of benzene rings is 1. The molecule has 1 fully saturated rings. The molecule has 0 aliphatic heterocycles. The van der Waals surface area contributed by atoms with Crippen LogP contribution >= 0.6 is 12.2 Å². The Hall–Kier alpha value is -1.53. The zero-order valence-electron chi connectivity index (χ0n) is 11.8. The van der Waals surface area contributed by atoms with Gasteiger partial charge < -0.3 is 11.1 Å². The first kappa shape index (κ1) is 15.9. The summed E-state index contributed by atoms with van der Waals surface area (Å²) < 4.78 is 13.5. The van der Waals surface area contributed by atoms with E-state index < -0.39 is 5.82 Å². The number of nitrogens with one attached hydrogen (secondary N) is 1. The van der Waals surface area contributed by atoms with Crippen LogP contribution in [-0.2, 0) is 4.79 Å². The Morgan fingerprint density at radius 1 is 1.33 bits per heavy atom. The van der Waals surface area contributed by atoms with E-state index in [2.05, 4.69) is 5.32 Å². The molecule has 6 heteroatoms. The molecule has 1 aromatic rings. The topological polar surface area (TPSA) is 58.4 Å². The Morgan fingerprint density at radius 2 is 2.00 bits per heavy atom. The molecule has 0 aromatic heterocycles. The number of hydrogen-bond donors (Lipinski definition) is 2. The summed E-state index contributed by atoms with van der Waals surface area (Å²) in [5.74, 6) is -0.684. The molecule has 0 heterocycles. The Morgan fingerprint density at radius 3 is 2.62 bits per heavy atom. The molecule has 0 saturated heterocycles. The predicted molar refractivity (Wildman–Crippen MR) is 85.6 cm³/mol. The van der Waals surface area contributed by atoms with Gasteiger partial charge in [-0.2, -0.15) is 0 Å². The molecule has 0 atom stereocenters. The second-order valence-corrected chi connectivity index (χ2v) is 5.86. The summed E-state index contributed by atoms with van der Waals surface area (Å²) in [4.78, 5) is 14.5. The third kappa shape index (κ3) is 4.75. The van der Waals surface area contributed by atoms with E-state index in [9.17, 15) is 9.18 Å². The molecular formula is C15H20FN3OS. The molecule has 3 N–H and O–H groups in total. The molecule has 0 radical (unpaired) electrons. The quantitative estimate of drug-likeness (QED) is 0.792. The average Bonchev–Trinajstić information content (AvgIpc) is 2.94. The van der Waals surface area contributed by atoms with Gasteiger partial charge in [-0.05, 0) is 25.0 Å². The molecule has 0 bridgehead atoms. The molecular weight excluding hydrogens is 289 g/mol. The lowest BCUT2D eigenvalue weighted by Crippen LogP contribution is -2.43. The molecule has 1 aliphatic carbocycles. The summed E-state index contributed by atoms with van der Waals surface area (Å²) in [6, 6.07) is 6.46. The van der Waals surface area contributed by atoms with Crippen molar-refractivity contribution in [2.75, 3.05) is 18.4 Å². The van der Waals surface area contributed by atoms with Crippen molar-refractivity contribution in [2.24, 2.45) is 5.73 Å². The third-order valence-electron chi connectivity index (χ3n) is 3.69. The van der Waals surface area contributed by atoms with Crippen LogP contribution < -0.4 is 11.1 Å². The van der Waals surface area contributed by atoms with E-state index in [1.165, 1.54) is 6.07 Å². The number of hydrogen-bond acceptors (Lipinski definition) is 3. The summed E-state index contributed by atoms with van der Waals surface area (Å²) in [6.07, 6.45) is 4.42. The first-order valence-corrected chi connectivity index (χ1v) is 7.54. The van der Waals surface area contributed by atoms with Crippen molar-refractivity contribution >= 4 is 28.8 Å². The highest BCUT2D eigenvalue weighted by molar-refractivity contribution is 7.80. The van der Waals surface area contributed by atoms with Crippen LogP contribution in [0.1, 0.15) is 25.7 Å². The highest BCUT2D eigenvalue weighted by atomic mass is 32.1. The molecule has 1 aromatic carbocycles. The fourth-order valence-corrected chi connectivity index (χ4v) is 2.89. The van der Waals surface area contributed by atoms with Crippen LogP contribution in [0.5, 0.6) is 0 Å². The van der Waals surface area contributed by atoms with Gasteiger partial charge in [-0.25, -0.2) is 4.39 Å². The molecule has 1 aliphatic rings. The normalized spacial score (nSPS) is 15.3. The van der Waals surface area contributed by atoms with E-state index in [1.54, 1.807) is 18.2 Å². The van der Waals surface area contributed by atoms with Crippen LogP contribution in [0, 0.1) is 5.82 Å². The lowest BCUT2D eigenvalue weighted by Gasteiger charge is -2.27. The minimum Gasteiger partial charge on any atom is -0.392 e. The lowest BCUT2D eigenvalue weighted by molar-refractivity contribution is -0.117. The van der Waals surface area contributed by atoms with Crippen molar-refractivity contribution < 1.29 is 9.18 Å². The highest BCUT2D eigenvalue weighted by Crippen LogP contribution is 2.23. The lowest BCUT2D eigenvalue weighted by atomic mass is 10.2. The van der Waals surface area contributed by atoms with E-state index in [0.29, 0.717) is 17.6 Å². The van der Waals surface area contributed by atoms with Gasteiger partial charge in [0.15, 0.2) is 0 Å². The van der Waals surface area contributed by atoms with Crippen LogP contribution in [0.15, 0.2) is 24.3 Å². The minimum atomic E-state index is -0.437. The molecule has 1 amide bonds. The van der Waals surface area contributed by atoms with E-state index >= 15 is 0 Å². The molecule has 4 nitrogen and oxygen atoms in total. The van der Waals surface area contributed by atoms with Gasteiger partial charge in [0.1, 0.15) is 5.82 Å². The number of para-hydroxylation sites is 1. The summed E-state index contributed by atoms with van der Waals surface area (Å²) in [5, 5.41) is 2.60. The van der Waals surface area contributed by atoms with Crippen LogP contribution in [0.2, 0.25) is 0 Å². The minimum absolute atomic E-state index is 0.177. The maximum atomic E-state index is 13.5. The number of anilines is 1. The summed E-state index contributed by atoms with van der Waals surface area (Å²) >= 11 is 4.95. The van der Waals surface area contributed by atoms with Gasteiger partial charge in [0, 0.05) is 12.6 Å². The van der Waals surface area contributed by atoms with E-state index in [1.807, 2.05) is 4.90 Å². The zero-order valence-corrected chi connectivity index (χ0v) is 12.7. The fourth-order valence-electron chi connectivity index (χ4n) is 2.72. The highest BCUT2D eigenvalue weighted by Gasteiger charge is 2.24. The zero-order chi connectivity index (χ0) is 15.2. The van der Waals surface area contributed by atoms with Gasteiger partial charge in [0.25, 0.3) is 0 Å². The van der Waals surface area contributed by atoms with Crippen molar-refractivity contribution in [3.8, 4) is 0 Å². The van der Waals surface area contributed by atoms with Crippen molar-refractivity contribution in [3.05, 3.63) is 30.1 Å². The molecule has 21 heavy (non-hydrogen) atoms. The number of rotatable bonds is 6. The first-order valence-electron chi connectivity index (χ1n) is 7.13. The second kappa shape index (κ2) is 7.47. The van der Waals surface area contributed by atoms with Crippen LogP contribution in [0.25, 0.3) is 0 Å². The number of nitrogens with two attached hydrogens (primary N) is 1. The SMILES string of the molecule is NC(=S)CN(CC(=O)Nc1ccccc1F)C1CCCC1. The number of halogens is 1. The van der Waals surface area contributed by atoms with Crippen molar-refractivity contribution in [3.63, 3.8) is 0 Å². The van der Waals surface area contributed by atoms with E-state index in [0.717, 1.165) is 25.7 Å². The predicted octanol–water partition coefficient (Wildman–Crippen LogP) is 2.29. The number of nitrogens with zero attached hydrogens (tertiary/aromatic N) is 1. The number of amides is 1. The second-order valence-electron chi connectivity index (χ2n) is 5.34. The van der Waals surface area contributed by atoms with Gasteiger partial charge in [-0.3, -0.25) is 9.69 Å². The standard InChI is InChI=1S/C15H20FN3OS/c16-12-7-3-4-8-13(12)18-15(20)10-19(9-14(17)21)11-5-1-2-6-11/h3-4,7-8,11H,1-2,5-6,9-10H2,(H2,17,21)(H,18,20). The van der Waals surface area contributed by atoms with Crippen molar-refractivity contribution in [1.82, 2.24) is 4.90 Å². The molecule has 2 rings (SSSR count). The molecule has 0 unspecified atom stereocenters. The van der Waals surface area contributed by atoms with Gasteiger partial charge in [-0.15, -0.1) is 0 Å². The first-order chi connectivity index (χ1) is 10.1. The summed E-state index contributed by atoms with van der Waals surface area (Å²) in [6.45, 7) is 0.598. The average molecular weight is 309 g/mol. The Bertz CT molecular complexity index is 517. The molecule has 1 saturated carbocycles. The van der Waals surface area contributed by atoms with Crippen LogP contribution in [0.4, 0.5) is 10.1 Å². The monoisotopic (exact) mass is 309 g/mol. The van der Waals surface area contributed by atoms with Gasteiger partial charge in [0.05, 0.1) is 17.2 Å². The van der Waals surface area contributed by atoms with Crippen molar-refractivity contribution in [1.29, 1.82) is 0 Å². The fraction of sp³-hybridized carbons (Fsp3) is 0.467. The summed E-state index contributed by atoms with van der Waals surface area (Å²) in [5.41, 5.74) is 5.81. The summed E-state index contributed by atoms with van der Waals surface area (Å²) in [7, 11) is 0. The van der Waals surface area contributed by atoms with Crippen molar-refractivity contribution in [2.45, 2.75) is 31.7 Å². The van der Waals surface area contributed by atoms with Crippen LogP contribution in [0.3, 0.4) is 0 Å². The Labute approximate surface area is 129 Å². The molecule has 114 valence electrons. The number of carbonyl (C=O) groups excluding carboxylic acids is 1. The Kier molecular flexibility index (Phi) is 5.64. The Balaban J connectivity index is 1.97. The van der Waals surface area contributed by atoms with Gasteiger partial charge >= 0.3 is 0 Å². The van der Waals surface area contributed by atoms with E-state index in [-0.39, 0.29) is 18.1 Å². The largest absolute Gasteiger partial charge is 0.392 e. The smallest absolute Gasteiger partial charge is 0.238 e.